The summed E-state index contributed by atoms with van der Waals surface area (Å²) < 4.78 is 11.4. The van der Waals surface area contributed by atoms with E-state index in [4.69, 9.17) is 5.73 Å². The number of nitrogens with one attached hydrogen (secondary N) is 1. The van der Waals surface area contributed by atoms with Gasteiger partial charge in [0.2, 0.25) is 5.91 Å². The van der Waals surface area contributed by atoms with Gasteiger partial charge in [-0.2, -0.15) is 0 Å². The monoisotopic (exact) mass is 220 g/mol. The number of hydrogen-bond donors (Lipinski definition) is 2. The predicted octanol–water partition coefficient (Wildman–Crippen LogP) is -0.145. The molecule has 1 amide bonds. The highest BCUT2D eigenvalue weighted by Crippen LogP contribution is 1.95. The summed E-state index contributed by atoms with van der Waals surface area (Å²) in [5.74, 6) is 0.648. The van der Waals surface area contributed by atoms with Crippen molar-refractivity contribution < 1.29 is 9.00 Å². The molecule has 0 spiro atoms. The molecule has 0 heterocycles. The van der Waals surface area contributed by atoms with Gasteiger partial charge in [-0.05, 0) is 26.3 Å². The third kappa shape index (κ3) is 7.03. The predicted molar refractivity (Wildman–Crippen MR) is 59.4 cm³/mol. The van der Waals surface area contributed by atoms with Crippen LogP contribution in [0.4, 0.5) is 0 Å². The Bertz CT molecular complexity index is 207. The average molecular weight is 220 g/mol. The van der Waals surface area contributed by atoms with E-state index in [1.165, 1.54) is 0 Å². The summed E-state index contributed by atoms with van der Waals surface area (Å²) in [6.07, 6.45) is 0. The lowest BCUT2D eigenvalue weighted by molar-refractivity contribution is -0.119. The summed E-state index contributed by atoms with van der Waals surface area (Å²) in [6.45, 7) is 6.20. The highest BCUT2D eigenvalue weighted by Gasteiger charge is 2.11. The van der Waals surface area contributed by atoms with Gasteiger partial charge in [0, 0.05) is 22.6 Å². The molecule has 0 aromatic carbocycles. The molecule has 3 N–H and O–H groups in total. The van der Waals surface area contributed by atoms with E-state index in [-0.39, 0.29) is 23.6 Å². The molecule has 4 nitrogen and oxygen atoms in total. The Morgan fingerprint density at radius 3 is 2.43 bits per heavy atom. The lowest BCUT2D eigenvalue weighted by Crippen LogP contribution is -2.35. The van der Waals surface area contributed by atoms with Gasteiger partial charge in [0.25, 0.3) is 0 Å². The topological polar surface area (TPSA) is 72.2 Å². The fourth-order valence-corrected chi connectivity index (χ4v) is 2.22. The summed E-state index contributed by atoms with van der Waals surface area (Å²) >= 11 is 0. The van der Waals surface area contributed by atoms with E-state index in [1.807, 2.05) is 20.8 Å². The molecule has 0 aromatic rings. The quantitative estimate of drug-likeness (QED) is 0.654. The molecule has 0 aliphatic rings. The number of carbonyl (C=O) groups excluding carboxylic acids is 1. The molecule has 0 bridgehead atoms. The van der Waals surface area contributed by atoms with Crippen molar-refractivity contribution in [3.8, 4) is 0 Å². The van der Waals surface area contributed by atoms with Gasteiger partial charge < -0.3 is 11.1 Å². The average Bonchev–Trinajstić information content (AvgIpc) is 2.01. The summed E-state index contributed by atoms with van der Waals surface area (Å²) in [5, 5.41) is 2.70. The van der Waals surface area contributed by atoms with Crippen LogP contribution in [0.3, 0.4) is 0 Å². The molecule has 0 rings (SSSR count). The van der Waals surface area contributed by atoms with Crippen molar-refractivity contribution in [2.45, 2.75) is 26.8 Å². The molecule has 0 radical (unpaired) electrons. The van der Waals surface area contributed by atoms with Crippen LogP contribution in [0.15, 0.2) is 0 Å². The van der Waals surface area contributed by atoms with Crippen LogP contribution in [0.5, 0.6) is 0 Å². The third-order valence-corrected chi connectivity index (χ3v) is 3.14. The van der Waals surface area contributed by atoms with Crippen molar-refractivity contribution in [1.82, 2.24) is 5.32 Å². The highest BCUT2D eigenvalue weighted by atomic mass is 32.2. The molecule has 0 saturated carbocycles. The van der Waals surface area contributed by atoms with Crippen molar-refractivity contribution in [3.63, 3.8) is 0 Å². The second-order valence-corrected chi connectivity index (χ2v) is 5.32. The normalized spacial score (nSPS) is 15.2. The van der Waals surface area contributed by atoms with Gasteiger partial charge in [-0.15, -0.1) is 0 Å². The van der Waals surface area contributed by atoms with Gasteiger partial charge in [0.1, 0.15) is 5.75 Å². The maximum Gasteiger partial charge on any atom is 0.232 e. The van der Waals surface area contributed by atoms with Gasteiger partial charge in [0.05, 0.1) is 0 Å². The van der Waals surface area contributed by atoms with Gasteiger partial charge in [-0.3, -0.25) is 9.00 Å². The molecule has 84 valence electrons. The lowest BCUT2D eigenvalue weighted by atomic mass is 10.2. The van der Waals surface area contributed by atoms with Crippen LogP contribution in [0.25, 0.3) is 0 Å². The summed E-state index contributed by atoms with van der Waals surface area (Å²) in [6, 6.07) is 0.103. The van der Waals surface area contributed by atoms with E-state index < -0.39 is 10.8 Å². The molecule has 0 aliphatic heterocycles. The van der Waals surface area contributed by atoms with E-state index in [0.717, 1.165) is 0 Å². The minimum absolute atomic E-state index is 0.0858. The van der Waals surface area contributed by atoms with Crippen LogP contribution >= 0.6 is 0 Å². The van der Waals surface area contributed by atoms with Crippen LogP contribution in [-0.4, -0.2) is 34.2 Å². The molecule has 0 aliphatic carbocycles. The zero-order chi connectivity index (χ0) is 11.1. The third-order valence-electron chi connectivity index (χ3n) is 1.61. The van der Waals surface area contributed by atoms with Crippen LogP contribution in [0.1, 0.15) is 20.8 Å². The fourth-order valence-electron chi connectivity index (χ4n) is 0.954. The van der Waals surface area contributed by atoms with Gasteiger partial charge >= 0.3 is 0 Å². The molecular weight excluding hydrogens is 200 g/mol. The van der Waals surface area contributed by atoms with E-state index in [0.29, 0.717) is 12.3 Å². The molecule has 2 unspecified atom stereocenters. The molecule has 0 fully saturated rings. The number of rotatable bonds is 6. The van der Waals surface area contributed by atoms with E-state index >= 15 is 0 Å². The smallest absolute Gasteiger partial charge is 0.232 e. The van der Waals surface area contributed by atoms with Crippen LogP contribution < -0.4 is 11.1 Å². The van der Waals surface area contributed by atoms with Gasteiger partial charge in [-0.25, -0.2) is 0 Å². The van der Waals surface area contributed by atoms with E-state index in [9.17, 15) is 9.00 Å². The van der Waals surface area contributed by atoms with Gasteiger partial charge in [-0.1, -0.05) is 6.92 Å². The lowest BCUT2D eigenvalue weighted by Gasteiger charge is -2.10. The first-order chi connectivity index (χ1) is 6.45. The van der Waals surface area contributed by atoms with Crippen LogP contribution in [0, 0.1) is 5.92 Å². The zero-order valence-electron chi connectivity index (χ0n) is 9.08. The van der Waals surface area contributed by atoms with E-state index in [1.54, 1.807) is 0 Å². The van der Waals surface area contributed by atoms with Crippen molar-refractivity contribution in [2.75, 3.05) is 18.1 Å². The Hall–Kier alpha value is -0.420. The number of amides is 1. The summed E-state index contributed by atoms with van der Waals surface area (Å²) in [7, 11) is -1.09. The standard InChI is InChI=1S/C9H20N2O2S/c1-7(2)11-9(12)6-14(13)5-8(3)4-10/h7-8H,4-6,10H2,1-3H3,(H,11,12). The number of nitrogens with two attached hydrogens (primary N) is 1. The molecule has 5 heteroatoms. The largest absolute Gasteiger partial charge is 0.353 e. The van der Waals surface area contributed by atoms with E-state index in [2.05, 4.69) is 5.32 Å². The molecule has 14 heavy (non-hydrogen) atoms. The van der Waals surface area contributed by atoms with Crippen molar-refractivity contribution >= 4 is 16.7 Å². The first kappa shape index (κ1) is 13.6. The fraction of sp³-hybridized carbons (Fsp3) is 0.889. The SMILES string of the molecule is CC(CN)CS(=O)CC(=O)NC(C)C. The Morgan fingerprint density at radius 1 is 1.43 bits per heavy atom. The Kier molecular flexibility index (Phi) is 6.74. The Morgan fingerprint density at radius 2 is 2.00 bits per heavy atom. The molecule has 0 aromatic heterocycles. The maximum absolute atomic E-state index is 11.4. The minimum atomic E-state index is -1.09. The number of hydrogen-bond acceptors (Lipinski definition) is 3. The Labute approximate surface area is 88.1 Å². The van der Waals surface area contributed by atoms with Crippen molar-refractivity contribution in [2.24, 2.45) is 11.7 Å². The van der Waals surface area contributed by atoms with Crippen LogP contribution in [0.2, 0.25) is 0 Å². The Balaban J connectivity index is 3.77. The highest BCUT2D eigenvalue weighted by molar-refractivity contribution is 7.85. The minimum Gasteiger partial charge on any atom is -0.353 e. The van der Waals surface area contributed by atoms with Gasteiger partial charge in [0.15, 0.2) is 0 Å². The summed E-state index contributed by atoms with van der Waals surface area (Å²) in [4.78, 5) is 11.2. The first-order valence-electron chi connectivity index (χ1n) is 4.80. The van der Waals surface area contributed by atoms with Crippen molar-refractivity contribution in [3.05, 3.63) is 0 Å². The number of carbonyl (C=O) groups is 1. The molecule has 0 saturated heterocycles. The second kappa shape index (κ2) is 6.95. The second-order valence-electron chi connectivity index (χ2n) is 3.81. The van der Waals surface area contributed by atoms with Crippen LogP contribution in [-0.2, 0) is 15.6 Å². The summed E-state index contributed by atoms with van der Waals surface area (Å²) in [5.41, 5.74) is 5.40. The maximum atomic E-state index is 11.4. The first-order valence-corrected chi connectivity index (χ1v) is 6.29. The molecule has 2 atom stereocenters. The molecular formula is C9H20N2O2S. The zero-order valence-corrected chi connectivity index (χ0v) is 9.89. The van der Waals surface area contributed by atoms with Crippen molar-refractivity contribution in [1.29, 1.82) is 0 Å².